The van der Waals surface area contributed by atoms with Crippen molar-refractivity contribution >= 4 is 0 Å². The Morgan fingerprint density at radius 3 is 1.35 bits per heavy atom. The molecule has 26 heavy (non-hydrogen) atoms. The van der Waals surface area contributed by atoms with E-state index in [0.29, 0.717) is 0 Å². The predicted molar refractivity (Wildman–Crippen MR) is 122 cm³/mol. The third-order valence-corrected chi connectivity index (χ3v) is 6.82. The molecule has 0 fully saturated rings. The van der Waals surface area contributed by atoms with Crippen molar-refractivity contribution in [2.75, 3.05) is 0 Å². The van der Waals surface area contributed by atoms with Gasteiger partial charge < -0.3 is 0 Å². The van der Waals surface area contributed by atoms with Crippen molar-refractivity contribution in [3.05, 3.63) is 0 Å². The van der Waals surface area contributed by atoms with Crippen molar-refractivity contribution in [2.45, 2.75) is 150 Å². The van der Waals surface area contributed by atoms with E-state index in [2.05, 4.69) is 34.6 Å². The van der Waals surface area contributed by atoms with Crippen LogP contribution in [0.1, 0.15) is 150 Å². The lowest BCUT2D eigenvalue weighted by Crippen LogP contribution is -2.18. The Labute approximate surface area is 168 Å². The van der Waals surface area contributed by atoms with E-state index in [9.17, 15) is 0 Å². The lowest BCUT2D eigenvalue weighted by atomic mass is 9.76. The molecule has 0 heterocycles. The van der Waals surface area contributed by atoms with Crippen molar-refractivity contribution in [3.8, 4) is 0 Å². The van der Waals surface area contributed by atoms with Crippen LogP contribution in [-0.2, 0) is 0 Å². The summed E-state index contributed by atoms with van der Waals surface area (Å²) in [5.41, 5.74) is 0. The molecule has 0 spiro atoms. The van der Waals surface area contributed by atoms with Crippen molar-refractivity contribution < 1.29 is 0 Å². The summed E-state index contributed by atoms with van der Waals surface area (Å²) in [6, 6.07) is 0. The lowest BCUT2D eigenvalue weighted by molar-refractivity contribution is 0.220. The highest BCUT2D eigenvalue weighted by Gasteiger charge is 2.21. The average Bonchev–Trinajstić information content (AvgIpc) is 2.66. The molecule has 158 valence electrons. The van der Waals surface area contributed by atoms with E-state index in [4.69, 9.17) is 0 Å². The topological polar surface area (TPSA) is 0 Å². The molecule has 0 aliphatic heterocycles. The Balaban J connectivity index is 3.91. The fourth-order valence-corrected chi connectivity index (χ4v) is 4.81. The Morgan fingerprint density at radius 1 is 0.423 bits per heavy atom. The summed E-state index contributed by atoms with van der Waals surface area (Å²) in [4.78, 5) is 0. The van der Waals surface area contributed by atoms with Crippen LogP contribution in [0, 0.1) is 17.8 Å². The van der Waals surface area contributed by atoms with Crippen molar-refractivity contribution in [3.63, 3.8) is 0 Å². The fraction of sp³-hybridized carbons (Fsp3) is 1.00. The molecule has 2 unspecified atom stereocenters. The maximum Gasteiger partial charge on any atom is -0.0383 e. The quantitative estimate of drug-likeness (QED) is 0.188. The molecule has 0 aromatic rings. The molecule has 0 aromatic carbocycles. The molecule has 0 bridgehead atoms. The van der Waals surface area contributed by atoms with Crippen LogP contribution in [0.4, 0.5) is 0 Å². The van der Waals surface area contributed by atoms with Gasteiger partial charge in [-0.2, -0.15) is 0 Å². The zero-order chi connectivity index (χ0) is 19.5. The highest BCUT2D eigenvalue weighted by atomic mass is 14.3. The molecule has 0 amide bonds. The molecule has 0 aromatic heterocycles. The van der Waals surface area contributed by atoms with Gasteiger partial charge in [-0.3, -0.25) is 0 Å². The molecule has 0 saturated carbocycles. The van der Waals surface area contributed by atoms with Gasteiger partial charge in [0.05, 0.1) is 0 Å². The number of unbranched alkanes of at least 4 members (excludes halogenated alkanes) is 10. The summed E-state index contributed by atoms with van der Waals surface area (Å²) in [5, 5.41) is 0. The van der Waals surface area contributed by atoms with Gasteiger partial charge in [0.25, 0.3) is 0 Å². The summed E-state index contributed by atoms with van der Waals surface area (Å²) >= 11 is 0. The zero-order valence-electron chi connectivity index (χ0n) is 19.5. The van der Waals surface area contributed by atoms with Crippen LogP contribution in [0.3, 0.4) is 0 Å². The molecule has 0 nitrogen and oxygen atoms in total. The first kappa shape index (κ1) is 26.0. The summed E-state index contributed by atoms with van der Waals surface area (Å²) in [7, 11) is 0. The number of rotatable bonds is 20. The minimum Gasteiger partial charge on any atom is -0.0654 e. The zero-order valence-corrected chi connectivity index (χ0v) is 19.5. The van der Waals surface area contributed by atoms with Crippen molar-refractivity contribution in [2.24, 2.45) is 17.8 Å². The monoisotopic (exact) mass is 366 g/mol. The molecule has 0 rings (SSSR count). The molecule has 0 heteroatoms. The van der Waals surface area contributed by atoms with Crippen LogP contribution in [-0.4, -0.2) is 0 Å². The Kier molecular flexibility index (Phi) is 19.8. The smallest absolute Gasteiger partial charge is 0.0383 e. The second-order valence-corrected chi connectivity index (χ2v) is 8.96. The predicted octanol–water partition coefficient (Wildman–Crippen LogP) is 9.96. The van der Waals surface area contributed by atoms with Crippen LogP contribution in [0.5, 0.6) is 0 Å². The Morgan fingerprint density at radius 2 is 0.923 bits per heavy atom. The van der Waals surface area contributed by atoms with Gasteiger partial charge in [-0.15, -0.1) is 0 Å². The van der Waals surface area contributed by atoms with Crippen molar-refractivity contribution in [1.29, 1.82) is 0 Å². The summed E-state index contributed by atoms with van der Waals surface area (Å²) in [6.07, 6.45) is 26.1. The highest BCUT2D eigenvalue weighted by molar-refractivity contribution is 4.73. The van der Waals surface area contributed by atoms with Gasteiger partial charge in [-0.25, -0.2) is 0 Å². The van der Waals surface area contributed by atoms with Gasteiger partial charge in [-0.1, -0.05) is 144 Å². The molecule has 0 N–H and O–H groups in total. The second-order valence-electron chi connectivity index (χ2n) is 8.96. The largest absolute Gasteiger partial charge is 0.0654 e. The first-order valence-electron chi connectivity index (χ1n) is 12.7. The van der Waals surface area contributed by atoms with Gasteiger partial charge in [0.15, 0.2) is 0 Å². The number of hydrogen-bond donors (Lipinski definition) is 0. The molecular weight excluding hydrogens is 312 g/mol. The van der Waals surface area contributed by atoms with E-state index in [1.807, 2.05) is 0 Å². The van der Waals surface area contributed by atoms with E-state index in [1.54, 1.807) is 0 Å². The summed E-state index contributed by atoms with van der Waals surface area (Å²) < 4.78 is 0. The lowest BCUT2D eigenvalue weighted by Gasteiger charge is -2.29. The molecular formula is C26H54. The average molecular weight is 367 g/mol. The van der Waals surface area contributed by atoms with E-state index in [1.165, 1.54) is 116 Å². The third kappa shape index (κ3) is 14.1. The first-order valence-corrected chi connectivity index (χ1v) is 12.7. The molecule has 0 aliphatic carbocycles. The molecule has 2 atom stereocenters. The van der Waals surface area contributed by atoms with Crippen LogP contribution in [0.25, 0.3) is 0 Å². The van der Waals surface area contributed by atoms with Crippen LogP contribution < -0.4 is 0 Å². The molecule has 0 radical (unpaired) electrons. The summed E-state index contributed by atoms with van der Waals surface area (Å²) in [6.45, 7) is 11.9. The van der Waals surface area contributed by atoms with E-state index >= 15 is 0 Å². The number of hydrogen-bond acceptors (Lipinski definition) is 0. The Bertz CT molecular complexity index is 253. The molecule has 0 saturated heterocycles. The van der Waals surface area contributed by atoms with E-state index < -0.39 is 0 Å². The van der Waals surface area contributed by atoms with E-state index in [0.717, 1.165) is 17.8 Å². The third-order valence-electron chi connectivity index (χ3n) is 6.82. The van der Waals surface area contributed by atoms with Gasteiger partial charge in [-0.05, 0) is 24.2 Å². The second kappa shape index (κ2) is 19.8. The van der Waals surface area contributed by atoms with Gasteiger partial charge >= 0.3 is 0 Å². The van der Waals surface area contributed by atoms with Crippen LogP contribution in [0.15, 0.2) is 0 Å². The van der Waals surface area contributed by atoms with E-state index in [-0.39, 0.29) is 0 Å². The Hall–Kier alpha value is 0. The minimum absolute atomic E-state index is 0.971. The van der Waals surface area contributed by atoms with Gasteiger partial charge in [0.2, 0.25) is 0 Å². The fourth-order valence-electron chi connectivity index (χ4n) is 4.81. The highest BCUT2D eigenvalue weighted by Crippen LogP contribution is 2.33. The maximum atomic E-state index is 2.43. The summed E-state index contributed by atoms with van der Waals surface area (Å²) in [5.74, 6) is 2.96. The SMILES string of the molecule is CCCCCCCCCCCCCC(CC(CC)CC)C(CC)CCC. The van der Waals surface area contributed by atoms with Crippen molar-refractivity contribution in [1.82, 2.24) is 0 Å². The van der Waals surface area contributed by atoms with Gasteiger partial charge in [0.1, 0.15) is 0 Å². The first-order chi connectivity index (χ1) is 12.7. The normalized spacial score (nSPS) is 14.1. The van der Waals surface area contributed by atoms with Gasteiger partial charge in [0, 0.05) is 0 Å². The van der Waals surface area contributed by atoms with Crippen LogP contribution >= 0.6 is 0 Å². The maximum absolute atomic E-state index is 2.43. The van der Waals surface area contributed by atoms with Crippen LogP contribution in [0.2, 0.25) is 0 Å². The minimum atomic E-state index is 0.971. The standard InChI is InChI=1S/C26H54/c1-6-11-12-13-14-15-16-17-18-19-20-22-26(23-24(8-3)9-4)25(10-5)21-7-2/h24-26H,6-23H2,1-5H3. The molecule has 0 aliphatic rings.